The van der Waals surface area contributed by atoms with Crippen LogP contribution in [0.4, 0.5) is 0 Å². The van der Waals surface area contributed by atoms with Crippen LogP contribution in [0.3, 0.4) is 0 Å². The summed E-state index contributed by atoms with van der Waals surface area (Å²) in [6.07, 6.45) is -16.1. The van der Waals surface area contributed by atoms with Crippen LogP contribution in [0, 0.1) is 0 Å². The van der Waals surface area contributed by atoms with Gasteiger partial charge in [0.1, 0.15) is 76.7 Å². The molecule has 0 amide bonds. The molecule has 0 bridgehead atoms. The van der Waals surface area contributed by atoms with E-state index in [1.54, 1.807) is 0 Å². The molecule has 0 aliphatic carbocycles. The van der Waals surface area contributed by atoms with Crippen molar-refractivity contribution in [3.05, 3.63) is 40.6 Å². The van der Waals surface area contributed by atoms with Gasteiger partial charge in [0.2, 0.25) is 17.5 Å². The molecule has 3 aromatic rings. The average molecular weight is 625 g/mol. The normalized spacial score (nSPS) is 32.5. The first-order valence-electron chi connectivity index (χ1n) is 13.4. The molecule has 16 nitrogen and oxygen atoms in total. The van der Waals surface area contributed by atoms with Crippen molar-refractivity contribution in [3.63, 3.8) is 0 Å². The van der Waals surface area contributed by atoms with Crippen molar-refractivity contribution in [2.45, 2.75) is 68.3 Å². The minimum Gasteiger partial charge on any atom is -0.508 e. The Morgan fingerprint density at radius 1 is 0.773 bits per heavy atom. The summed E-state index contributed by atoms with van der Waals surface area (Å²) in [5, 5.41) is 92.2. The van der Waals surface area contributed by atoms with E-state index in [1.807, 2.05) is 0 Å². The zero-order valence-corrected chi connectivity index (χ0v) is 23.3. The molecule has 16 heteroatoms. The number of phenolic OH excluding ortho intramolecular Hbond substituents is 3. The van der Waals surface area contributed by atoms with Gasteiger partial charge in [0.15, 0.2) is 12.1 Å². The van der Waals surface area contributed by atoms with Gasteiger partial charge in [-0.25, -0.2) is 0 Å². The van der Waals surface area contributed by atoms with Gasteiger partial charge in [-0.15, -0.1) is 0 Å². The monoisotopic (exact) mass is 624 g/mol. The van der Waals surface area contributed by atoms with Gasteiger partial charge in [0, 0.05) is 23.8 Å². The number of ether oxygens (including phenoxy) is 5. The molecule has 2 aliphatic heterocycles. The summed E-state index contributed by atoms with van der Waals surface area (Å²) >= 11 is 0. The molecule has 240 valence electrons. The van der Waals surface area contributed by atoms with Crippen LogP contribution in [0.1, 0.15) is 6.92 Å². The number of fused-ring (bicyclic) bond motifs is 1. The van der Waals surface area contributed by atoms with Crippen LogP contribution in [0.15, 0.2) is 39.5 Å². The average Bonchev–Trinajstić information content (AvgIpc) is 2.98. The van der Waals surface area contributed by atoms with E-state index in [0.29, 0.717) is 0 Å². The van der Waals surface area contributed by atoms with E-state index in [0.717, 1.165) is 12.1 Å². The number of rotatable bonds is 7. The molecule has 10 atom stereocenters. The Hall–Kier alpha value is -3.71. The Labute approximate surface area is 248 Å². The molecule has 0 spiro atoms. The van der Waals surface area contributed by atoms with Crippen LogP contribution in [-0.4, -0.2) is 121 Å². The molecule has 5 rings (SSSR count). The largest absolute Gasteiger partial charge is 0.508 e. The molecule has 2 saturated heterocycles. The lowest BCUT2D eigenvalue weighted by molar-refractivity contribution is -0.318. The summed E-state index contributed by atoms with van der Waals surface area (Å²) in [6, 6.07) is 5.77. The number of methoxy groups -OCH3 is 1. The summed E-state index contributed by atoms with van der Waals surface area (Å²) in [7, 11) is 1.32. The number of benzene rings is 2. The molecule has 3 heterocycles. The van der Waals surface area contributed by atoms with Crippen molar-refractivity contribution in [2.24, 2.45) is 0 Å². The van der Waals surface area contributed by atoms with Crippen molar-refractivity contribution in [2.75, 3.05) is 13.7 Å². The molecule has 2 fully saturated rings. The van der Waals surface area contributed by atoms with Gasteiger partial charge in [-0.05, 0) is 19.1 Å². The SMILES string of the molecule is COc1cc(O)cc(-c2oc3cc(O)cc(O)c3c(=O)c2O[C@@H]2O[C@H](CO[C@H]3O[C@H](C)[C@H](O)[C@@H](O)[C@H]3O)[C@H](O)[C@@H](O)[C@H]2O)c1. The van der Waals surface area contributed by atoms with Crippen molar-refractivity contribution in [3.8, 4) is 40.1 Å². The van der Waals surface area contributed by atoms with E-state index < -0.39 is 96.1 Å². The third-order valence-electron chi connectivity index (χ3n) is 7.44. The van der Waals surface area contributed by atoms with Crippen molar-refractivity contribution >= 4 is 11.0 Å². The second-order valence-electron chi connectivity index (χ2n) is 10.5. The summed E-state index contributed by atoms with van der Waals surface area (Å²) in [5.74, 6) is -2.26. The predicted octanol–water partition coefficient (Wildman–Crippen LogP) is -1.38. The summed E-state index contributed by atoms with van der Waals surface area (Å²) < 4.78 is 33.2. The summed E-state index contributed by atoms with van der Waals surface area (Å²) in [5.41, 5.74) is -1.23. The second-order valence-corrected chi connectivity index (χ2v) is 10.5. The van der Waals surface area contributed by atoms with E-state index in [2.05, 4.69) is 0 Å². The lowest BCUT2D eigenvalue weighted by Crippen LogP contribution is -2.61. The van der Waals surface area contributed by atoms with Crippen LogP contribution in [0.5, 0.6) is 28.7 Å². The van der Waals surface area contributed by atoms with Gasteiger partial charge in [-0.2, -0.15) is 0 Å². The zero-order chi connectivity index (χ0) is 32.0. The number of hydrogen-bond acceptors (Lipinski definition) is 16. The maximum Gasteiger partial charge on any atom is 0.239 e. The molecule has 2 aromatic carbocycles. The van der Waals surface area contributed by atoms with Gasteiger partial charge in [0.25, 0.3) is 0 Å². The van der Waals surface area contributed by atoms with Gasteiger partial charge >= 0.3 is 0 Å². The number of hydrogen-bond donors (Lipinski definition) is 9. The number of phenols is 3. The van der Waals surface area contributed by atoms with Crippen LogP contribution in [0.2, 0.25) is 0 Å². The smallest absolute Gasteiger partial charge is 0.239 e. The lowest BCUT2D eigenvalue weighted by Gasteiger charge is -2.42. The highest BCUT2D eigenvalue weighted by Gasteiger charge is 2.47. The highest BCUT2D eigenvalue weighted by atomic mass is 16.7. The molecular weight excluding hydrogens is 592 g/mol. The highest BCUT2D eigenvalue weighted by Crippen LogP contribution is 2.39. The van der Waals surface area contributed by atoms with Crippen molar-refractivity contribution < 1.29 is 74.1 Å². The highest BCUT2D eigenvalue weighted by molar-refractivity contribution is 5.88. The minimum atomic E-state index is -1.95. The first-order valence-corrected chi connectivity index (χ1v) is 13.4. The van der Waals surface area contributed by atoms with Crippen LogP contribution < -0.4 is 14.9 Å². The first kappa shape index (κ1) is 31.7. The fourth-order valence-electron chi connectivity index (χ4n) is 5.01. The van der Waals surface area contributed by atoms with Gasteiger partial charge in [0.05, 0.1) is 19.8 Å². The fourth-order valence-corrected chi connectivity index (χ4v) is 5.01. The molecule has 9 N–H and O–H groups in total. The van der Waals surface area contributed by atoms with Gasteiger partial charge in [-0.3, -0.25) is 4.79 Å². The van der Waals surface area contributed by atoms with Crippen molar-refractivity contribution in [1.29, 1.82) is 0 Å². The molecule has 2 aliphatic rings. The molecule has 1 aromatic heterocycles. The van der Waals surface area contributed by atoms with Crippen molar-refractivity contribution in [1.82, 2.24) is 0 Å². The molecule has 0 unspecified atom stereocenters. The molecular formula is C28H32O16. The predicted molar refractivity (Wildman–Crippen MR) is 145 cm³/mol. The molecule has 0 radical (unpaired) electrons. The Balaban J connectivity index is 1.49. The fraction of sp³-hybridized carbons (Fsp3) is 0.464. The van der Waals surface area contributed by atoms with Gasteiger partial charge < -0.3 is 74.1 Å². The Morgan fingerprint density at radius 2 is 1.43 bits per heavy atom. The number of aliphatic hydroxyl groups excluding tert-OH is 6. The Kier molecular flexibility index (Phi) is 8.90. The van der Waals surface area contributed by atoms with E-state index in [-0.39, 0.29) is 28.4 Å². The maximum absolute atomic E-state index is 13.7. The van der Waals surface area contributed by atoms with Crippen LogP contribution in [0.25, 0.3) is 22.3 Å². The zero-order valence-electron chi connectivity index (χ0n) is 23.3. The van der Waals surface area contributed by atoms with E-state index in [9.17, 15) is 50.8 Å². The Bertz CT molecular complexity index is 1560. The van der Waals surface area contributed by atoms with E-state index in [4.69, 9.17) is 28.1 Å². The minimum absolute atomic E-state index is 0.0303. The first-order chi connectivity index (χ1) is 20.8. The second kappa shape index (κ2) is 12.4. The molecule has 44 heavy (non-hydrogen) atoms. The quantitative estimate of drug-likeness (QED) is 0.147. The molecule has 0 saturated carbocycles. The summed E-state index contributed by atoms with van der Waals surface area (Å²) in [6.45, 7) is 0.838. The van der Waals surface area contributed by atoms with Crippen LogP contribution >= 0.6 is 0 Å². The van der Waals surface area contributed by atoms with Gasteiger partial charge in [-0.1, -0.05) is 0 Å². The van der Waals surface area contributed by atoms with E-state index >= 15 is 0 Å². The number of aromatic hydroxyl groups is 3. The standard InChI is InChI=1S/C28H32O16/c1-9-18(32)21(35)23(37)27(41-9)40-8-16-19(33)22(36)24(38)28(43-16)44-26-20(34)17-14(31)6-12(30)7-15(17)42-25(26)10-3-11(29)5-13(4-10)39-2/h3-7,9,16,18-19,21-24,27-33,35-38H,8H2,1-2H3/t9-,16-,18+,19+,21-,22-,23-,24-,27+,28+/m1/s1. The Morgan fingerprint density at radius 3 is 2.14 bits per heavy atom. The third kappa shape index (κ3) is 5.86. The van der Waals surface area contributed by atoms with E-state index in [1.165, 1.54) is 32.2 Å². The topological polar surface area (TPSA) is 258 Å². The number of aliphatic hydroxyl groups is 6. The maximum atomic E-state index is 13.7. The lowest BCUT2D eigenvalue weighted by atomic mass is 9.98. The third-order valence-corrected chi connectivity index (χ3v) is 7.44. The summed E-state index contributed by atoms with van der Waals surface area (Å²) in [4.78, 5) is 13.7. The van der Waals surface area contributed by atoms with Crippen LogP contribution in [-0.2, 0) is 14.2 Å².